The molecule has 0 aliphatic carbocycles. The number of carbonyl (C=O) groups is 1. The van der Waals surface area contributed by atoms with Crippen LogP contribution in [0.5, 0.6) is 0 Å². The summed E-state index contributed by atoms with van der Waals surface area (Å²) >= 11 is 0. The van der Waals surface area contributed by atoms with Crippen LogP contribution in [-0.2, 0) is 17.8 Å². The number of piperidine rings is 1. The molecule has 8 heteroatoms. The molecular weight excluding hydrogens is 378 g/mol. The van der Waals surface area contributed by atoms with Crippen molar-refractivity contribution in [2.45, 2.75) is 25.8 Å². The van der Waals surface area contributed by atoms with Crippen molar-refractivity contribution in [3.8, 4) is 0 Å². The van der Waals surface area contributed by atoms with E-state index in [2.05, 4.69) is 54.1 Å². The topological polar surface area (TPSA) is 93.8 Å². The first kappa shape index (κ1) is 17.4. The minimum atomic E-state index is 0.0753. The van der Waals surface area contributed by atoms with Gasteiger partial charge in [-0.1, -0.05) is 18.2 Å². The third-order valence-corrected chi connectivity index (χ3v) is 6.54. The van der Waals surface area contributed by atoms with Gasteiger partial charge in [-0.3, -0.25) is 4.79 Å². The molecule has 6 rings (SSSR count). The quantitative estimate of drug-likeness (QED) is 0.539. The average Bonchev–Trinajstić information content (AvgIpc) is 3.42. The van der Waals surface area contributed by atoms with E-state index >= 15 is 0 Å². The van der Waals surface area contributed by atoms with Gasteiger partial charge in [0.25, 0.3) is 0 Å². The fraction of sp³-hybridized carbons (Fsp3) is 0.364. The van der Waals surface area contributed by atoms with Gasteiger partial charge >= 0.3 is 0 Å². The van der Waals surface area contributed by atoms with Crippen molar-refractivity contribution < 1.29 is 4.79 Å². The van der Waals surface area contributed by atoms with Crippen LogP contribution in [0, 0.1) is 5.92 Å². The van der Waals surface area contributed by atoms with Crippen molar-refractivity contribution >= 4 is 33.8 Å². The molecule has 0 unspecified atom stereocenters. The van der Waals surface area contributed by atoms with Crippen LogP contribution in [0.2, 0.25) is 0 Å². The fourth-order valence-electron chi connectivity index (χ4n) is 4.97. The third kappa shape index (κ3) is 2.74. The molecular formula is C22H23N7O. The lowest BCUT2D eigenvalue weighted by atomic mass is 9.94. The first-order valence-corrected chi connectivity index (χ1v) is 10.5. The smallest absolute Gasteiger partial charge is 0.226 e. The number of benzene rings is 1. The van der Waals surface area contributed by atoms with E-state index in [1.54, 1.807) is 12.7 Å². The van der Waals surface area contributed by atoms with E-state index in [9.17, 15) is 4.79 Å². The van der Waals surface area contributed by atoms with Gasteiger partial charge in [0.05, 0.1) is 12.9 Å². The van der Waals surface area contributed by atoms with Crippen molar-refractivity contribution in [1.29, 1.82) is 0 Å². The standard InChI is InChI=1S/C22H23N7O/c30-22(29-10-7-16-15-3-1-2-4-17(15)27-18(16)11-29)14-5-8-28(9-6-14)21-19-20(24-12-23-19)25-13-26-21/h1-4,12-14,27H,5-11H2,(H,23,24,25,26). The Morgan fingerprint density at radius 3 is 2.83 bits per heavy atom. The van der Waals surface area contributed by atoms with E-state index in [0.717, 1.165) is 50.2 Å². The number of rotatable bonds is 2. The number of para-hydroxylation sites is 1. The monoisotopic (exact) mass is 401 g/mol. The van der Waals surface area contributed by atoms with Crippen LogP contribution in [0.3, 0.4) is 0 Å². The van der Waals surface area contributed by atoms with Crippen molar-refractivity contribution in [2.24, 2.45) is 5.92 Å². The van der Waals surface area contributed by atoms with Crippen molar-refractivity contribution in [1.82, 2.24) is 29.8 Å². The molecule has 3 aromatic heterocycles. The van der Waals surface area contributed by atoms with Crippen molar-refractivity contribution in [3.63, 3.8) is 0 Å². The number of fused-ring (bicyclic) bond motifs is 4. The molecule has 2 N–H and O–H groups in total. The second-order valence-electron chi connectivity index (χ2n) is 8.20. The van der Waals surface area contributed by atoms with E-state index in [1.165, 1.54) is 22.2 Å². The van der Waals surface area contributed by atoms with E-state index in [-0.39, 0.29) is 11.8 Å². The predicted molar refractivity (Wildman–Crippen MR) is 114 cm³/mol. The summed E-state index contributed by atoms with van der Waals surface area (Å²) in [4.78, 5) is 37.0. The van der Waals surface area contributed by atoms with Crippen LogP contribution in [0.1, 0.15) is 24.1 Å². The lowest BCUT2D eigenvalue weighted by molar-refractivity contribution is -0.137. The summed E-state index contributed by atoms with van der Waals surface area (Å²) in [5.41, 5.74) is 5.28. The van der Waals surface area contributed by atoms with Crippen LogP contribution in [0.15, 0.2) is 36.9 Å². The van der Waals surface area contributed by atoms with Crippen LogP contribution in [0.4, 0.5) is 5.82 Å². The van der Waals surface area contributed by atoms with E-state index in [1.807, 2.05) is 4.90 Å². The van der Waals surface area contributed by atoms with Crippen LogP contribution in [-0.4, -0.2) is 55.4 Å². The highest BCUT2D eigenvalue weighted by Crippen LogP contribution is 2.30. The Kier molecular flexibility index (Phi) is 3.97. The first-order chi connectivity index (χ1) is 14.8. The Bertz CT molecular complexity index is 1230. The number of aromatic amines is 2. The predicted octanol–water partition coefficient (Wildman–Crippen LogP) is 2.64. The summed E-state index contributed by atoms with van der Waals surface area (Å²) < 4.78 is 0. The van der Waals surface area contributed by atoms with Gasteiger partial charge in [-0.25, -0.2) is 15.0 Å². The van der Waals surface area contributed by atoms with Gasteiger partial charge in [0.1, 0.15) is 11.8 Å². The molecule has 0 saturated carbocycles. The number of nitrogens with one attached hydrogen (secondary N) is 2. The summed E-state index contributed by atoms with van der Waals surface area (Å²) in [7, 11) is 0. The number of anilines is 1. The number of nitrogens with zero attached hydrogens (tertiary/aromatic N) is 5. The second kappa shape index (κ2) is 6.83. The number of aromatic nitrogens is 5. The molecule has 0 spiro atoms. The van der Waals surface area contributed by atoms with Gasteiger partial charge in [0, 0.05) is 42.1 Å². The largest absolute Gasteiger partial charge is 0.357 e. The van der Waals surface area contributed by atoms with Gasteiger partial charge in [-0.15, -0.1) is 0 Å². The molecule has 0 radical (unpaired) electrons. The maximum absolute atomic E-state index is 13.2. The lowest BCUT2D eigenvalue weighted by Gasteiger charge is -2.36. The van der Waals surface area contributed by atoms with Gasteiger partial charge in [0.2, 0.25) is 5.91 Å². The van der Waals surface area contributed by atoms with Gasteiger partial charge in [-0.2, -0.15) is 0 Å². The molecule has 2 aliphatic heterocycles. The van der Waals surface area contributed by atoms with Gasteiger partial charge < -0.3 is 19.8 Å². The number of carbonyl (C=O) groups excluding carboxylic acids is 1. The van der Waals surface area contributed by atoms with Crippen LogP contribution < -0.4 is 4.90 Å². The normalized spacial score (nSPS) is 17.6. The number of hydrogen-bond acceptors (Lipinski definition) is 5. The summed E-state index contributed by atoms with van der Waals surface area (Å²) in [5.74, 6) is 1.24. The highest BCUT2D eigenvalue weighted by Gasteiger charge is 2.32. The summed E-state index contributed by atoms with van der Waals surface area (Å²) in [6.07, 6.45) is 5.81. The Morgan fingerprint density at radius 1 is 1.07 bits per heavy atom. The average molecular weight is 401 g/mol. The molecule has 4 aromatic rings. The molecule has 8 nitrogen and oxygen atoms in total. The van der Waals surface area contributed by atoms with E-state index in [4.69, 9.17) is 0 Å². The third-order valence-electron chi connectivity index (χ3n) is 6.54. The zero-order valence-electron chi connectivity index (χ0n) is 16.6. The minimum absolute atomic E-state index is 0.0753. The maximum atomic E-state index is 13.2. The Balaban J connectivity index is 1.15. The second-order valence-corrected chi connectivity index (χ2v) is 8.20. The van der Waals surface area contributed by atoms with E-state index < -0.39 is 0 Å². The zero-order valence-corrected chi connectivity index (χ0v) is 16.6. The highest BCUT2D eigenvalue weighted by molar-refractivity contribution is 5.86. The van der Waals surface area contributed by atoms with Gasteiger partial charge in [-0.05, 0) is 30.9 Å². The number of hydrogen-bond donors (Lipinski definition) is 2. The number of amides is 1. The summed E-state index contributed by atoms with van der Waals surface area (Å²) in [6.45, 7) is 3.11. The molecule has 0 bridgehead atoms. The molecule has 152 valence electrons. The molecule has 5 heterocycles. The van der Waals surface area contributed by atoms with Crippen molar-refractivity contribution in [3.05, 3.63) is 48.2 Å². The molecule has 1 saturated heterocycles. The molecule has 1 aromatic carbocycles. The SMILES string of the molecule is O=C(C1CCN(c2ncnc3nc[nH]c23)CC1)N1CCc2c([nH]c3ccccc23)C1. The summed E-state index contributed by atoms with van der Waals surface area (Å²) in [6, 6.07) is 8.41. The molecule has 1 amide bonds. The van der Waals surface area contributed by atoms with Crippen LogP contribution >= 0.6 is 0 Å². The highest BCUT2D eigenvalue weighted by atomic mass is 16.2. The minimum Gasteiger partial charge on any atom is -0.357 e. The van der Waals surface area contributed by atoms with Gasteiger partial charge in [0.15, 0.2) is 11.5 Å². The first-order valence-electron chi connectivity index (χ1n) is 10.5. The maximum Gasteiger partial charge on any atom is 0.226 e. The molecule has 30 heavy (non-hydrogen) atoms. The fourth-order valence-corrected chi connectivity index (χ4v) is 4.97. The van der Waals surface area contributed by atoms with Crippen molar-refractivity contribution in [2.75, 3.05) is 24.5 Å². The molecule has 1 fully saturated rings. The zero-order chi connectivity index (χ0) is 20.1. The number of H-pyrrole nitrogens is 2. The molecule has 0 atom stereocenters. The van der Waals surface area contributed by atoms with E-state index in [0.29, 0.717) is 12.2 Å². The Morgan fingerprint density at radius 2 is 1.93 bits per heavy atom. The lowest BCUT2D eigenvalue weighted by Crippen LogP contribution is -2.44. The molecule has 2 aliphatic rings. The summed E-state index contributed by atoms with van der Waals surface area (Å²) in [5, 5.41) is 1.29. The Labute approximate surface area is 173 Å². The Hall–Kier alpha value is -3.42. The number of imidazole rings is 1. The van der Waals surface area contributed by atoms with Crippen LogP contribution in [0.25, 0.3) is 22.1 Å².